The number of methoxy groups -OCH3 is 1. The van der Waals surface area contributed by atoms with Gasteiger partial charge in [0.15, 0.2) is 10.9 Å². The molecule has 4 rings (SSSR count). The van der Waals surface area contributed by atoms with Crippen molar-refractivity contribution in [3.05, 3.63) is 87.8 Å². The molecule has 6 nitrogen and oxygen atoms in total. The Bertz CT molecular complexity index is 1310. The van der Waals surface area contributed by atoms with E-state index in [1.807, 2.05) is 25.1 Å². The molecule has 3 aromatic rings. The summed E-state index contributed by atoms with van der Waals surface area (Å²) in [5.41, 5.74) is 3.04. The van der Waals surface area contributed by atoms with Gasteiger partial charge in [0.1, 0.15) is 11.5 Å². The van der Waals surface area contributed by atoms with Crippen LogP contribution in [-0.4, -0.2) is 29.9 Å². The van der Waals surface area contributed by atoms with Gasteiger partial charge in [0.25, 0.3) is 11.8 Å². The molecular weight excluding hydrogens is 504 g/mol. The maximum atomic E-state index is 12.9. The number of halogens is 1. The first-order chi connectivity index (χ1) is 16.8. The molecule has 1 aliphatic rings. The van der Waals surface area contributed by atoms with E-state index >= 15 is 0 Å². The SMILES string of the molecule is COc1ccc(N2C(=O)/C(=C/c3ccc(OCC(=O)Nc4ccc(C)c(Cl)c4)cc3)SC2=S)cc1. The van der Waals surface area contributed by atoms with Crippen molar-refractivity contribution < 1.29 is 19.1 Å². The fourth-order valence-electron chi connectivity index (χ4n) is 3.25. The number of ether oxygens (including phenoxy) is 2. The van der Waals surface area contributed by atoms with E-state index in [0.717, 1.165) is 11.1 Å². The fourth-order valence-corrected chi connectivity index (χ4v) is 4.73. The molecule has 178 valence electrons. The molecule has 35 heavy (non-hydrogen) atoms. The number of hydrogen-bond acceptors (Lipinski definition) is 6. The Kier molecular flexibility index (Phi) is 7.75. The molecule has 1 aliphatic heterocycles. The minimum atomic E-state index is -0.295. The number of nitrogens with one attached hydrogen (secondary N) is 1. The molecule has 0 atom stereocenters. The van der Waals surface area contributed by atoms with Gasteiger partial charge in [-0.1, -0.05) is 53.8 Å². The number of thiocarbonyl (C=S) groups is 1. The molecule has 1 heterocycles. The van der Waals surface area contributed by atoms with E-state index in [0.29, 0.717) is 37.1 Å². The number of thioether (sulfide) groups is 1. The van der Waals surface area contributed by atoms with Crippen LogP contribution in [0, 0.1) is 6.92 Å². The summed E-state index contributed by atoms with van der Waals surface area (Å²) in [5.74, 6) is 0.758. The van der Waals surface area contributed by atoms with Crippen molar-refractivity contribution in [1.82, 2.24) is 0 Å². The molecule has 2 amide bonds. The number of anilines is 2. The summed E-state index contributed by atoms with van der Waals surface area (Å²) in [6.45, 7) is 1.74. The number of hydrogen-bond donors (Lipinski definition) is 1. The average molecular weight is 525 g/mol. The highest BCUT2D eigenvalue weighted by Gasteiger charge is 2.33. The summed E-state index contributed by atoms with van der Waals surface area (Å²) in [6.07, 6.45) is 1.78. The Hall–Kier alpha value is -3.33. The predicted molar refractivity (Wildman–Crippen MR) is 145 cm³/mol. The van der Waals surface area contributed by atoms with Gasteiger partial charge in [0.2, 0.25) is 0 Å². The summed E-state index contributed by atoms with van der Waals surface area (Å²) in [4.78, 5) is 27.2. The van der Waals surface area contributed by atoms with E-state index < -0.39 is 0 Å². The Morgan fingerprint density at radius 3 is 2.43 bits per heavy atom. The number of amides is 2. The smallest absolute Gasteiger partial charge is 0.270 e. The highest BCUT2D eigenvalue weighted by Crippen LogP contribution is 2.36. The monoisotopic (exact) mass is 524 g/mol. The third kappa shape index (κ3) is 6.03. The van der Waals surface area contributed by atoms with Crippen LogP contribution in [0.2, 0.25) is 5.02 Å². The average Bonchev–Trinajstić information content (AvgIpc) is 3.13. The van der Waals surface area contributed by atoms with Crippen molar-refractivity contribution >= 4 is 69.2 Å². The summed E-state index contributed by atoms with van der Waals surface area (Å²) in [6, 6.07) is 19.6. The van der Waals surface area contributed by atoms with Gasteiger partial charge in [0, 0.05) is 10.7 Å². The lowest BCUT2D eigenvalue weighted by Gasteiger charge is -2.14. The van der Waals surface area contributed by atoms with Crippen LogP contribution >= 0.6 is 35.6 Å². The molecule has 0 aromatic heterocycles. The number of carbonyl (C=O) groups is 2. The Balaban J connectivity index is 1.36. The van der Waals surface area contributed by atoms with E-state index in [1.165, 1.54) is 16.7 Å². The van der Waals surface area contributed by atoms with Gasteiger partial charge in [-0.05, 0) is 72.7 Å². The number of nitrogens with zero attached hydrogens (tertiary/aromatic N) is 1. The van der Waals surface area contributed by atoms with Gasteiger partial charge in [-0.15, -0.1) is 0 Å². The van der Waals surface area contributed by atoms with Crippen LogP contribution in [0.25, 0.3) is 6.08 Å². The first kappa shape index (κ1) is 24.8. The van der Waals surface area contributed by atoms with E-state index in [1.54, 1.807) is 61.7 Å². The minimum absolute atomic E-state index is 0.147. The molecule has 0 saturated carbocycles. The highest BCUT2D eigenvalue weighted by molar-refractivity contribution is 8.27. The van der Waals surface area contributed by atoms with Crippen LogP contribution in [0.15, 0.2) is 71.6 Å². The third-order valence-corrected chi connectivity index (χ3v) is 6.84. The van der Waals surface area contributed by atoms with Gasteiger partial charge in [0.05, 0.1) is 17.7 Å². The van der Waals surface area contributed by atoms with Gasteiger partial charge in [-0.2, -0.15) is 0 Å². The molecule has 1 fully saturated rings. The number of carbonyl (C=O) groups excluding carboxylic acids is 2. The molecule has 0 radical (unpaired) electrons. The van der Waals surface area contributed by atoms with Crippen molar-refractivity contribution in [1.29, 1.82) is 0 Å². The van der Waals surface area contributed by atoms with Crippen molar-refractivity contribution in [2.24, 2.45) is 0 Å². The van der Waals surface area contributed by atoms with Gasteiger partial charge in [-0.25, -0.2) is 0 Å². The summed E-state index contributed by atoms with van der Waals surface area (Å²) >= 11 is 12.8. The van der Waals surface area contributed by atoms with Crippen molar-refractivity contribution in [3.63, 3.8) is 0 Å². The van der Waals surface area contributed by atoms with E-state index in [9.17, 15) is 9.59 Å². The first-order valence-corrected chi connectivity index (χ1v) is 12.1. The van der Waals surface area contributed by atoms with Crippen molar-refractivity contribution in [2.45, 2.75) is 6.92 Å². The molecule has 9 heteroatoms. The normalized spacial score (nSPS) is 14.4. The summed E-state index contributed by atoms with van der Waals surface area (Å²) in [5, 5.41) is 3.33. The lowest BCUT2D eigenvalue weighted by Crippen LogP contribution is -2.27. The zero-order valence-electron chi connectivity index (χ0n) is 18.9. The van der Waals surface area contributed by atoms with Crippen LogP contribution in [0.4, 0.5) is 11.4 Å². The second-order valence-corrected chi connectivity index (χ2v) is 9.67. The van der Waals surface area contributed by atoms with Crippen LogP contribution < -0.4 is 19.7 Å². The fraction of sp³-hybridized carbons (Fsp3) is 0.115. The van der Waals surface area contributed by atoms with Crippen LogP contribution in [0.5, 0.6) is 11.5 Å². The molecule has 1 saturated heterocycles. The maximum Gasteiger partial charge on any atom is 0.270 e. The first-order valence-electron chi connectivity index (χ1n) is 10.5. The lowest BCUT2D eigenvalue weighted by molar-refractivity contribution is -0.118. The van der Waals surface area contributed by atoms with Crippen molar-refractivity contribution in [3.8, 4) is 11.5 Å². The van der Waals surface area contributed by atoms with Crippen LogP contribution in [0.3, 0.4) is 0 Å². The summed E-state index contributed by atoms with van der Waals surface area (Å²) < 4.78 is 11.2. The molecule has 0 unspecified atom stereocenters. The van der Waals surface area contributed by atoms with E-state index in [4.69, 9.17) is 33.3 Å². The Morgan fingerprint density at radius 1 is 1.09 bits per heavy atom. The number of benzene rings is 3. The minimum Gasteiger partial charge on any atom is -0.497 e. The largest absolute Gasteiger partial charge is 0.497 e. The highest BCUT2D eigenvalue weighted by atomic mass is 35.5. The third-order valence-electron chi connectivity index (χ3n) is 5.13. The molecule has 0 aliphatic carbocycles. The Labute approximate surface area is 217 Å². The van der Waals surface area contributed by atoms with Crippen LogP contribution in [0.1, 0.15) is 11.1 Å². The molecule has 0 spiro atoms. The molecule has 0 bridgehead atoms. The number of rotatable bonds is 7. The molecular formula is C26H21ClN2O4S2. The van der Waals surface area contributed by atoms with Gasteiger partial charge >= 0.3 is 0 Å². The van der Waals surface area contributed by atoms with Crippen molar-refractivity contribution in [2.75, 3.05) is 23.9 Å². The summed E-state index contributed by atoms with van der Waals surface area (Å²) in [7, 11) is 1.59. The number of aryl methyl sites for hydroxylation is 1. The van der Waals surface area contributed by atoms with Crippen LogP contribution in [-0.2, 0) is 9.59 Å². The molecule has 1 N–H and O–H groups in total. The zero-order chi connectivity index (χ0) is 24.9. The standard InChI is InChI=1S/C26H21ClN2O4S2/c1-16-3-6-18(14-22(16)27)28-24(30)15-33-21-9-4-17(5-10-21)13-23-25(31)29(26(34)35-23)19-7-11-20(32-2)12-8-19/h3-14H,15H2,1-2H3,(H,28,30)/b23-13-. The van der Waals surface area contributed by atoms with E-state index in [-0.39, 0.29) is 18.4 Å². The predicted octanol–water partition coefficient (Wildman–Crippen LogP) is 6.08. The maximum absolute atomic E-state index is 12.9. The van der Waals surface area contributed by atoms with Gasteiger partial charge in [-0.3, -0.25) is 14.5 Å². The zero-order valence-corrected chi connectivity index (χ0v) is 21.3. The topological polar surface area (TPSA) is 67.9 Å². The lowest BCUT2D eigenvalue weighted by atomic mass is 10.2. The quantitative estimate of drug-likeness (QED) is 0.298. The Morgan fingerprint density at radius 2 is 1.77 bits per heavy atom. The van der Waals surface area contributed by atoms with E-state index in [2.05, 4.69) is 5.32 Å². The second-order valence-electron chi connectivity index (χ2n) is 7.58. The second kappa shape index (κ2) is 10.9. The van der Waals surface area contributed by atoms with Gasteiger partial charge < -0.3 is 14.8 Å². The molecule has 3 aromatic carbocycles.